The molecule has 0 radical (unpaired) electrons. The van der Waals surface area contributed by atoms with E-state index >= 15 is 0 Å². The van der Waals surface area contributed by atoms with Crippen LogP contribution in [0.5, 0.6) is 0 Å². The lowest BCUT2D eigenvalue weighted by Gasteiger charge is -2.15. The number of aryl methyl sites for hydroxylation is 1. The number of para-hydroxylation sites is 1. The van der Waals surface area contributed by atoms with Gasteiger partial charge in [-0.05, 0) is 47.7 Å². The molecule has 0 saturated heterocycles. The third-order valence-electron chi connectivity index (χ3n) is 5.56. The quantitative estimate of drug-likeness (QED) is 0.363. The summed E-state index contributed by atoms with van der Waals surface area (Å²) in [4.78, 5) is 2.13. The number of nitrogens with zero attached hydrogens (tertiary/aromatic N) is 2. The van der Waals surface area contributed by atoms with E-state index in [2.05, 4.69) is 109 Å². The topological polar surface area (TPSA) is 7.65 Å². The molecule has 3 aromatic carbocycles. The Hall–Kier alpha value is -3.26. The number of hydrogen-bond acceptors (Lipinski definition) is 1. The van der Waals surface area contributed by atoms with Gasteiger partial charge in [0.25, 0.3) is 0 Å². The van der Waals surface area contributed by atoms with Gasteiger partial charge in [-0.3, -0.25) is 0 Å². The van der Waals surface area contributed by atoms with Crippen molar-refractivity contribution in [1.29, 1.82) is 0 Å². The maximum Gasteiger partial charge on any atom is 0.0576 e. The highest BCUT2D eigenvalue weighted by Gasteiger charge is 2.15. The summed E-state index contributed by atoms with van der Waals surface area (Å²) in [6.07, 6.45) is 0. The number of rotatable bonds is 2. The maximum absolute atomic E-state index is 2.43. The summed E-state index contributed by atoms with van der Waals surface area (Å²) < 4.78 is 2.43. The van der Waals surface area contributed by atoms with E-state index in [-0.39, 0.29) is 0 Å². The van der Waals surface area contributed by atoms with Crippen molar-refractivity contribution in [3.8, 4) is 11.3 Å². The van der Waals surface area contributed by atoms with E-state index in [1.54, 1.807) is 0 Å². The highest BCUT2D eigenvalue weighted by molar-refractivity contribution is 6.07. The second kappa shape index (κ2) is 5.88. The van der Waals surface area contributed by atoms with Gasteiger partial charge in [0.05, 0.1) is 16.7 Å². The molecule has 5 aromatic rings. The second-order valence-electron chi connectivity index (χ2n) is 7.38. The number of benzene rings is 3. The lowest BCUT2D eigenvalue weighted by Crippen LogP contribution is -2.08. The summed E-state index contributed by atoms with van der Waals surface area (Å²) in [5, 5.41) is 3.91. The van der Waals surface area contributed by atoms with Crippen LogP contribution in [-0.2, 0) is 0 Å². The molecule has 0 unspecified atom stereocenters. The minimum Gasteiger partial charge on any atom is -0.378 e. The van der Waals surface area contributed by atoms with Gasteiger partial charge < -0.3 is 9.30 Å². The van der Waals surface area contributed by atoms with E-state index in [1.165, 1.54) is 49.7 Å². The Labute approximate surface area is 159 Å². The molecule has 0 aliphatic carbocycles. The standard InChI is InChI=1S/C25H22N2/c1-17-21-9-6-7-11-23(21)27-24(18-12-14-20(15-13-18)26(2)3)16-19-8-4-5-10-22(19)25(17)27/h4-16H,1-3H3. The zero-order valence-electron chi connectivity index (χ0n) is 15.9. The van der Waals surface area contributed by atoms with Gasteiger partial charge in [-0.15, -0.1) is 0 Å². The van der Waals surface area contributed by atoms with Crippen LogP contribution in [0.3, 0.4) is 0 Å². The lowest BCUT2D eigenvalue weighted by molar-refractivity contribution is 1.13. The Bertz CT molecular complexity index is 1290. The number of anilines is 1. The van der Waals surface area contributed by atoms with Gasteiger partial charge >= 0.3 is 0 Å². The highest BCUT2D eigenvalue weighted by atomic mass is 15.1. The zero-order chi connectivity index (χ0) is 18.5. The molecular formula is C25H22N2. The van der Waals surface area contributed by atoms with E-state index in [9.17, 15) is 0 Å². The molecule has 2 aromatic heterocycles. The molecule has 132 valence electrons. The molecule has 0 fully saturated rings. The molecular weight excluding hydrogens is 328 g/mol. The van der Waals surface area contributed by atoms with Gasteiger partial charge in [-0.1, -0.05) is 54.6 Å². The first-order chi connectivity index (χ1) is 13.1. The zero-order valence-corrected chi connectivity index (χ0v) is 15.9. The van der Waals surface area contributed by atoms with Gasteiger partial charge in [-0.25, -0.2) is 0 Å². The van der Waals surface area contributed by atoms with Crippen LogP contribution in [0.4, 0.5) is 5.69 Å². The molecule has 2 heteroatoms. The normalized spacial score (nSPS) is 11.5. The monoisotopic (exact) mass is 350 g/mol. The van der Waals surface area contributed by atoms with E-state index in [1.807, 2.05) is 0 Å². The third kappa shape index (κ3) is 2.33. The van der Waals surface area contributed by atoms with Crippen molar-refractivity contribution < 1.29 is 0 Å². The number of aromatic nitrogens is 1. The summed E-state index contributed by atoms with van der Waals surface area (Å²) in [5.41, 5.74) is 7.59. The smallest absolute Gasteiger partial charge is 0.0576 e. The molecule has 0 spiro atoms. The van der Waals surface area contributed by atoms with Crippen molar-refractivity contribution in [1.82, 2.24) is 4.40 Å². The Balaban J connectivity index is 1.94. The van der Waals surface area contributed by atoms with Crippen LogP contribution in [-0.4, -0.2) is 18.5 Å². The van der Waals surface area contributed by atoms with E-state index < -0.39 is 0 Å². The molecule has 27 heavy (non-hydrogen) atoms. The fourth-order valence-corrected chi connectivity index (χ4v) is 4.17. The van der Waals surface area contributed by atoms with E-state index in [4.69, 9.17) is 0 Å². The molecule has 0 N–H and O–H groups in total. The Morgan fingerprint density at radius 1 is 0.741 bits per heavy atom. The lowest BCUT2D eigenvalue weighted by atomic mass is 10.0. The summed E-state index contributed by atoms with van der Waals surface area (Å²) >= 11 is 0. The van der Waals surface area contributed by atoms with Crippen LogP contribution in [0.25, 0.3) is 38.4 Å². The minimum absolute atomic E-state index is 1.21. The van der Waals surface area contributed by atoms with Crippen molar-refractivity contribution >= 4 is 32.9 Å². The Kier molecular flexibility index (Phi) is 3.48. The predicted octanol–water partition coefficient (Wildman–Crippen LogP) is 6.29. The molecule has 0 aliphatic heterocycles. The molecule has 2 heterocycles. The van der Waals surface area contributed by atoms with Crippen LogP contribution in [0.1, 0.15) is 5.56 Å². The van der Waals surface area contributed by atoms with Crippen LogP contribution in [0, 0.1) is 6.92 Å². The van der Waals surface area contributed by atoms with E-state index in [0.717, 1.165) is 0 Å². The van der Waals surface area contributed by atoms with Crippen molar-refractivity contribution in [2.75, 3.05) is 19.0 Å². The summed E-state index contributed by atoms with van der Waals surface area (Å²) in [6.45, 7) is 2.24. The summed E-state index contributed by atoms with van der Waals surface area (Å²) in [7, 11) is 4.15. The van der Waals surface area contributed by atoms with Crippen molar-refractivity contribution in [2.45, 2.75) is 6.92 Å². The van der Waals surface area contributed by atoms with Gasteiger partial charge in [0, 0.05) is 30.6 Å². The van der Waals surface area contributed by atoms with Gasteiger partial charge in [-0.2, -0.15) is 0 Å². The minimum atomic E-state index is 1.21. The number of fused-ring (bicyclic) bond motifs is 5. The second-order valence-corrected chi connectivity index (χ2v) is 7.38. The summed E-state index contributed by atoms with van der Waals surface area (Å²) in [6, 6.07) is 28.5. The van der Waals surface area contributed by atoms with Crippen LogP contribution >= 0.6 is 0 Å². The fraction of sp³-hybridized carbons (Fsp3) is 0.120. The summed E-state index contributed by atoms with van der Waals surface area (Å²) in [5.74, 6) is 0. The van der Waals surface area contributed by atoms with Gasteiger partial charge in [0.15, 0.2) is 0 Å². The van der Waals surface area contributed by atoms with Crippen LogP contribution in [0.15, 0.2) is 78.9 Å². The molecule has 0 aliphatic rings. The fourth-order valence-electron chi connectivity index (χ4n) is 4.17. The third-order valence-corrected chi connectivity index (χ3v) is 5.56. The molecule has 0 amide bonds. The van der Waals surface area contributed by atoms with Gasteiger partial charge in [0.1, 0.15) is 0 Å². The van der Waals surface area contributed by atoms with Crippen LogP contribution in [0.2, 0.25) is 0 Å². The molecule has 0 bridgehead atoms. The molecule has 0 saturated carbocycles. The first-order valence-corrected chi connectivity index (χ1v) is 9.34. The van der Waals surface area contributed by atoms with Crippen LogP contribution < -0.4 is 4.90 Å². The Morgan fingerprint density at radius 2 is 1.41 bits per heavy atom. The first kappa shape index (κ1) is 16.0. The van der Waals surface area contributed by atoms with Crippen molar-refractivity contribution in [3.05, 3.63) is 84.4 Å². The van der Waals surface area contributed by atoms with E-state index in [0.29, 0.717) is 0 Å². The molecule has 5 rings (SSSR count). The number of hydrogen-bond donors (Lipinski definition) is 0. The molecule has 0 atom stereocenters. The predicted molar refractivity (Wildman–Crippen MR) is 117 cm³/mol. The van der Waals surface area contributed by atoms with Gasteiger partial charge in [0.2, 0.25) is 0 Å². The largest absolute Gasteiger partial charge is 0.378 e. The number of pyridine rings is 1. The average Bonchev–Trinajstić information content (AvgIpc) is 3.01. The van der Waals surface area contributed by atoms with Crippen molar-refractivity contribution in [3.63, 3.8) is 0 Å². The SMILES string of the molecule is Cc1c2ccccc2n2c(-c3ccc(N(C)C)cc3)cc3ccccc3c12. The maximum atomic E-state index is 2.43. The first-order valence-electron chi connectivity index (χ1n) is 9.34. The molecule has 2 nitrogen and oxygen atoms in total. The average molecular weight is 350 g/mol. The van der Waals surface area contributed by atoms with Crippen molar-refractivity contribution in [2.24, 2.45) is 0 Å². The Morgan fingerprint density at radius 3 is 2.15 bits per heavy atom. The highest BCUT2D eigenvalue weighted by Crippen LogP contribution is 2.36.